The fourth-order valence-electron chi connectivity index (χ4n) is 12.0. The zero-order chi connectivity index (χ0) is 34.7. The van der Waals surface area contributed by atoms with E-state index >= 15 is 0 Å². The lowest BCUT2D eigenvalue weighted by Crippen LogP contribution is -2.69. The molecule has 1 aliphatic heterocycles. The number of ketones is 1. The number of rotatable bonds is 4. The van der Waals surface area contributed by atoms with Crippen molar-refractivity contribution in [1.82, 2.24) is 0 Å². The molecule has 0 amide bonds. The zero-order valence-corrected chi connectivity index (χ0v) is 28.7. The Morgan fingerprint density at radius 3 is 2.19 bits per heavy atom. The Labute approximate surface area is 277 Å². The second-order valence-corrected chi connectivity index (χ2v) is 17.8. The van der Waals surface area contributed by atoms with E-state index < -0.39 is 88.5 Å². The quantitative estimate of drug-likeness (QED) is 0.216. The summed E-state index contributed by atoms with van der Waals surface area (Å²) >= 11 is 0. The zero-order valence-electron chi connectivity index (χ0n) is 28.7. The standard InChI is InChI=1S/C36H56O11/c1-31(2)9-11-36(30(45)47-29-26(43)25(42)24(41)22(16-37)46-29)12-10-34(5)18(19(36)14-31)13-20(39)27-32(3)15-21(40)28(44)33(4,17-38)23(32)7-8-35(27,34)6/h13,19,21-29,37-38,40-44H,7-12,14-17H2,1-6H3. The van der Waals surface area contributed by atoms with Crippen molar-refractivity contribution in [3.05, 3.63) is 11.6 Å². The number of carbonyl (C=O) groups excluding carboxylic acids is 2. The Morgan fingerprint density at radius 2 is 1.55 bits per heavy atom. The van der Waals surface area contributed by atoms with Gasteiger partial charge in [0.05, 0.1) is 30.8 Å². The van der Waals surface area contributed by atoms with Gasteiger partial charge in [-0.3, -0.25) is 9.59 Å². The second kappa shape index (κ2) is 11.3. The van der Waals surface area contributed by atoms with E-state index in [2.05, 4.69) is 34.6 Å². The van der Waals surface area contributed by atoms with Crippen LogP contribution >= 0.6 is 0 Å². The SMILES string of the molecule is CC1(C)CCC2(C(=O)OC3OC(CO)C(O)C(O)C3O)CCC3(C)C(=CC(=O)C4C5(C)CC(O)C(O)C(C)(CO)C5CCC43C)C2C1. The highest BCUT2D eigenvalue weighted by atomic mass is 16.7. The first kappa shape index (κ1) is 35.4. The molecule has 0 radical (unpaired) electrons. The van der Waals surface area contributed by atoms with Gasteiger partial charge in [0.2, 0.25) is 6.29 Å². The highest BCUT2D eigenvalue weighted by molar-refractivity contribution is 5.96. The number of carbonyl (C=O) groups is 2. The molecule has 0 bridgehead atoms. The van der Waals surface area contributed by atoms with Crippen LogP contribution in [0.15, 0.2) is 11.6 Å². The van der Waals surface area contributed by atoms with Gasteiger partial charge in [-0.2, -0.15) is 0 Å². The molecular weight excluding hydrogens is 608 g/mol. The van der Waals surface area contributed by atoms with E-state index in [1.54, 1.807) is 6.08 Å². The summed E-state index contributed by atoms with van der Waals surface area (Å²) in [6.07, 6.45) is -3.56. The van der Waals surface area contributed by atoms with Crippen LogP contribution in [0.2, 0.25) is 0 Å². The molecule has 266 valence electrons. The molecule has 0 aromatic carbocycles. The average Bonchev–Trinajstić information content (AvgIpc) is 3.00. The molecule has 11 heteroatoms. The summed E-state index contributed by atoms with van der Waals surface area (Å²) in [7, 11) is 0. The van der Waals surface area contributed by atoms with Gasteiger partial charge in [-0.05, 0) is 90.9 Å². The highest BCUT2D eigenvalue weighted by Crippen LogP contribution is 2.75. The monoisotopic (exact) mass is 664 g/mol. The average molecular weight is 665 g/mol. The molecule has 0 aromatic rings. The molecule has 15 atom stereocenters. The van der Waals surface area contributed by atoms with Gasteiger partial charge in [0.15, 0.2) is 5.78 Å². The number of ether oxygens (including phenoxy) is 2. The normalized spacial score (nSPS) is 53.9. The lowest BCUT2D eigenvalue weighted by molar-refractivity contribution is -0.297. The van der Waals surface area contributed by atoms with E-state index in [4.69, 9.17) is 9.47 Å². The van der Waals surface area contributed by atoms with Crippen LogP contribution in [0, 0.1) is 50.2 Å². The second-order valence-electron chi connectivity index (χ2n) is 17.8. The summed E-state index contributed by atoms with van der Waals surface area (Å²) in [6, 6.07) is 0. The minimum absolute atomic E-state index is 0.0439. The highest BCUT2D eigenvalue weighted by Gasteiger charge is 2.72. The number of aliphatic hydroxyl groups is 7. The first-order valence-corrected chi connectivity index (χ1v) is 17.5. The number of hydrogen-bond donors (Lipinski definition) is 7. The predicted molar refractivity (Wildman–Crippen MR) is 168 cm³/mol. The van der Waals surface area contributed by atoms with Crippen molar-refractivity contribution in [3.63, 3.8) is 0 Å². The van der Waals surface area contributed by atoms with E-state index in [0.29, 0.717) is 38.5 Å². The first-order valence-electron chi connectivity index (χ1n) is 17.5. The van der Waals surface area contributed by atoms with Crippen LogP contribution in [-0.2, 0) is 19.1 Å². The molecule has 0 spiro atoms. The molecule has 7 N–H and O–H groups in total. The molecule has 15 unspecified atom stereocenters. The molecule has 47 heavy (non-hydrogen) atoms. The van der Waals surface area contributed by atoms with Crippen LogP contribution < -0.4 is 0 Å². The fraction of sp³-hybridized carbons (Fsp3) is 0.889. The summed E-state index contributed by atoms with van der Waals surface area (Å²) in [5.74, 6) is -1.60. The van der Waals surface area contributed by atoms with Gasteiger partial charge >= 0.3 is 5.97 Å². The minimum atomic E-state index is -1.71. The van der Waals surface area contributed by atoms with Crippen molar-refractivity contribution in [2.75, 3.05) is 13.2 Å². The van der Waals surface area contributed by atoms with Crippen molar-refractivity contribution in [3.8, 4) is 0 Å². The van der Waals surface area contributed by atoms with Gasteiger partial charge in [0, 0.05) is 11.3 Å². The van der Waals surface area contributed by atoms with Crippen LogP contribution in [0.1, 0.15) is 92.9 Å². The third kappa shape index (κ3) is 4.74. The minimum Gasteiger partial charge on any atom is -0.432 e. The number of allylic oxidation sites excluding steroid dienone is 2. The molecule has 5 fully saturated rings. The number of aliphatic hydroxyl groups excluding tert-OH is 7. The number of hydrogen-bond acceptors (Lipinski definition) is 11. The van der Waals surface area contributed by atoms with Crippen molar-refractivity contribution in [2.24, 2.45) is 50.2 Å². The lowest BCUT2D eigenvalue weighted by Gasteiger charge is -2.70. The van der Waals surface area contributed by atoms with E-state index in [9.17, 15) is 45.3 Å². The third-order valence-corrected chi connectivity index (χ3v) is 14.9. The van der Waals surface area contributed by atoms with Crippen molar-refractivity contribution >= 4 is 11.8 Å². The Bertz CT molecular complexity index is 1310. The topological polar surface area (TPSA) is 194 Å². The Kier molecular flexibility index (Phi) is 8.50. The molecular formula is C36H56O11. The fourth-order valence-corrected chi connectivity index (χ4v) is 12.0. The van der Waals surface area contributed by atoms with Crippen molar-refractivity contribution in [1.29, 1.82) is 0 Å². The molecule has 6 rings (SSSR count). The summed E-state index contributed by atoms with van der Waals surface area (Å²) < 4.78 is 11.4. The predicted octanol–water partition coefficient (Wildman–Crippen LogP) is 1.61. The molecule has 1 saturated heterocycles. The van der Waals surface area contributed by atoms with E-state index in [1.165, 1.54) is 0 Å². The van der Waals surface area contributed by atoms with Gasteiger partial charge in [-0.15, -0.1) is 0 Å². The molecule has 4 saturated carbocycles. The van der Waals surface area contributed by atoms with Crippen LogP contribution in [0.5, 0.6) is 0 Å². The summed E-state index contributed by atoms with van der Waals surface area (Å²) in [5, 5.41) is 73.7. The van der Waals surface area contributed by atoms with E-state index in [-0.39, 0.29) is 36.1 Å². The van der Waals surface area contributed by atoms with Crippen LogP contribution in [0.25, 0.3) is 0 Å². The Balaban J connectivity index is 1.40. The van der Waals surface area contributed by atoms with Crippen molar-refractivity contribution < 1.29 is 54.8 Å². The van der Waals surface area contributed by atoms with Gasteiger partial charge in [0.1, 0.15) is 24.4 Å². The summed E-state index contributed by atoms with van der Waals surface area (Å²) in [4.78, 5) is 29.0. The summed E-state index contributed by atoms with van der Waals surface area (Å²) in [6.45, 7) is 11.7. The Hall–Kier alpha value is -1.44. The molecule has 0 aromatic heterocycles. The van der Waals surface area contributed by atoms with Crippen LogP contribution in [-0.4, -0.2) is 104 Å². The van der Waals surface area contributed by atoms with Gasteiger partial charge in [0.25, 0.3) is 0 Å². The lowest BCUT2D eigenvalue weighted by atomic mass is 9.33. The van der Waals surface area contributed by atoms with Crippen LogP contribution in [0.4, 0.5) is 0 Å². The van der Waals surface area contributed by atoms with E-state index in [1.807, 2.05) is 6.92 Å². The maximum absolute atomic E-state index is 14.7. The molecule has 6 aliphatic rings. The Morgan fingerprint density at radius 1 is 0.894 bits per heavy atom. The first-order chi connectivity index (χ1) is 21.8. The van der Waals surface area contributed by atoms with Crippen molar-refractivity contribution in [2.45, 2.75) is 136 Å². The maximum Gasteiger partial charge on any atom is 0.315 e. The molecule has 5 aliphatic carbocycles. The third-order valence-electron chi connectivity index (χ3n) is 14.9. The van der Waals surface area contributed by atoms with Gasteiger partial charge in [-0.25, -0.2) is 0 Å². The van der Waals surface area contributed by atoms with E-state index in [0.717, 1.165) is 12.0 Å². The van der Waals surface area contributed by atoms with Crippen LogP contribution in [0.3, 0.4) is 0 Å². The van der Waals surface area contributed by atoms with Gasteiger partial charge in [-0.1, -0.05) is 47.1 Å². The molecule has 1 heterocycles. The summed E-state index contributed by atoms with van der Waals surface area (Å²) in [5.41, 5.74) is -2.82. The largest absolute Gasteiger partial charge is 0.432 e. The maximum atomic E-state index is 14.7. The van der Waals surface area contributed by atoms with Gasteiger partial charge < -0.3 is 45.2 Å². The smallest absolute Gasteiger partial charge is 0.315 e. The molecule has 11 nitrogen and oxygen atoms in total. The number of fused-ring (bicyclic) bond motifs is 7. The number of esters is 1.